The van der Waals surface area contributed by atoms with Crippen molar-refractivity contribution >= 4 is 3.91 Å². The Morgan fingerprint density at radius 2 is 2.00 bits per heavy atom. The fourth-order valence-electron chi connectivity index (χ4n) is 1.28. The number of piperidine rings is 1. The van der Waals surface area contributed by atoms with Gasteiger partial charge < -0.3 is 0 Å². The number of amides is 1. The summed E-state index contributed by atoms with van der Waals surface area (Å²) in [5.41, 5.74) is -0.539. The molecule has 0 bridgehead atoms. The van der Waals surface area contributed by atoms with Crippen LogP contribution in [0.1, 0.15) is 19.8 Å². The van der Waals surface area contributed by atoms with Crippen molar-refractivity contribution in [2.45, 2.75) is 25.4 Å². The summed E-state index contributed by atoms with van der Waals surface area (Å²) in [4.78, 5) is 15.1. The van der Waals surface area contributed by atoms with Crippen LogP contribution < -0.4 is 21.2 Å². The van der Waals surface area contributed by atoms with Crippen molar-refractivity contribution in [1.29, 1.82) is 0 Å². The van der Waals surface area contributed by atoms with Crippen LogP contribution in [0.2, 0.25) is 0 Å². The first kappa shape index (κ1) is 10.2. The standard InChI is InChI=1S/C8H15INO2/c1-8(12)3-5-10(6-4-8)7(11)9-2/h12H,3-6H2,1-2H3/q-1. The molecule has 0 spiro atoms. The van der Waals surface area contributed by atoms with Gasteiger partial charge in [-0.3, -0.25) is 0 Å². The first-order chi connectivity index (χ1) is 5.55. The van der Waals surface area contributed by atoms with Crippen LogP contribution in [0.25, 0.3) is 0 Å². The normalized spacial score (nSPS) is 22.8. The summed E-state index contributed by atoms with van der Waals surface area (Å²) in [7, 11) is 0. The van der Waals surface area contributed by atoms with E-state index in [0.29, 0.717) is 3.91 Å². The van der Waals surface area contributed by atoms with Crippen LogP contribution in [-0.4, -0.2) is 37.5 Å². The number of likely N-dealkylation sites (tertiary alicyclic amines) is 1. The molecule has 3 nitrogen and oxygen atoms in total. The molecule has 0 radical (unpaired) electrons. The molecule has 1 N–H and O–H groups in total. The molecule has 0 aromatic rings. The van der Waals surface area contributed by atoms with Crippen LogP contribution >= 0.6 is 0 Å². The van der Waals surface area contributed by atoms with E-state index in [9.17, 15) is 9.90 Å². The van der Waals surface area contributed by atoms with Gasteiger partial charge in [0.15, 0.2) is 0 Å². The summed E-state index contributed by atoms with van der Waals surface area (Å²) in [6.45, 7) is 3.31. The molecule has 0 atom stereocenters. The summed E-state index contributed by atoms with van der Waals surface area (Å²) in [5.74, 6) is 0. The number of aliphatic hydroxyl groups is 1. The summed E-state index contributed by atoms with van der Waals surface area (Å²) >= 11 is -0.307. The molecule has 72 valence electrons. The van der Waals surface area contributed by atoms with Crippen molar-refractivity contribution in [2.75, 3.05) is 18.0 Å². The van der Waals surface area contributed by atoms with Crippen molar-refractivity contribution in [3.05, 3.63) is 0 Å². The Morgan fingerprint density at radius 3 is 2.42 bits per heavy atom. The molecule has 1 aliphatic heterocycles. The van der Waals surface area contributed by atoms with Gasteiger partial charge in [-0.15, -0.1) is 0 Å². The van der Waals surface area contributed by atoms with E-state index < -0.39 is 5.60 Å². The van der Waals surface area contributed by atoms with E-state index >= 15 is 0 Å². The van der Waals surface area contributed by atoms with Crippen molar-refractivity contribution in [3.63, 3.8) is 0 Å². The molecule has 0 aliphatic carbocycles. The first-order valence-corrected chi connectivity index (χ1v) is 7.29. The van der Waals surface area contributed by atoms with Gasteiger partial charge >= 0.3 is 83.3 Å². The second-order valence-electron chi connectivity index (χ2n) is 3.43. The van der Waals surface area contributed by atoms with Gasteiger partial charge in [-0.2, -0.15) is 0 Å². The molecule has 1 saturated heterocycles. The molecule has 12 heavy (non-hydrogen) atoms. The van der Waals surface area contributed by atoms with Crippen molar-refractivity contribution in [3.8, 4) is 0 Å². The molecule has 0 aromatic heterocycles. The summed E-state index contributed by atoms with van der Waals surface area (Å²) in [5, 5.41) is 9.62. The van der Waals surface area contributed by atoms with E-state index in [4.69, 9.17) is 0 Å². The predicted molar refractivity (Wildman–Crippen MR) is 42.8 cm³/mol. The monoisotopic (exact) mass is 284 g/mol. The SMILES string of the molecule is C[I-]C(=O)N1CCC(C)(O)CC1. The number of carbonyl (C=O) groups excluding carboxylic acids is 1. The van der Waals surface area contributed by atoms with Gasteiger partial charge in [-0.25, -0.2) is 0 Å². The quantitative estimate of drug-likeness (QED) is 0.254. The molecule has 0 aromatic carbocycles. The second-order valence-corrected chi connectivity index (χ2v) is 5.43. The minimum atomic E-state index is -0.539. The van der Waals surface area contributed by atoms with Crippen molar-refractivity contribution < 1.29 is 31.1 Å². The third-order valence-corrected chi connectivity index (χ3v) is 3.86. The minimum absolute atomic E-state index is 0.307. The summed E-state index contributed by atoms with van der Waals surface area (Å²) < 4.78 is 0.310. The van der Waals surface area contributed by atoms with Gasteiger partial charge in [0.1, 0.15) is 0 Å². The number of nitrogens with zero attached hydrogens (tertiary/aromatic N) is 1. The van der Waals surface area contributed by atoms with Crippen LogP contribution in [0, 0.1) is 0 Å². The first-order valence-electron chi connectivity index (χ1n) is 4.06. The fourth-order valence-corrected chi connectivity index (χ4v) is 2.45. The number of carbonyl (C=O) groups is 1. The topological polar surface area (TPSA) is 40.5 Å². The molecular formula is C8H15INO2-. The third-order valence-electron chi connectivity index (χ3n) is 2.25. The van der Waals surface area contributed by atoms with Crippen LogP contribution in [-0.2, 0) is 0 Å². The molecule has 1 fully saturated rings. The molecule has 1 amide bonds. The van der Waals surface area contributed by atoms with Gasteiger partial charge in [-0.1, -0.05) is 0 Å². The zero-order valence-corrected chi connectivity index (χ0v) is 9.67. The van der Waals surface area contributed by atoms with Crippen LogP contribution in [0.15, 0.2) is 0 Å². The molecule has 0 saturated carbocycles. The Hall–Kier alpha value is 0.160. The zero-order chi connectivity index (χ0) is 9.19. The Balaban J connectivity index is 2.41. The Labute approximate surface area is 83.4 Å². The molecular weight excluding hydrogens is 269 g/mol. The Morgan fingerprint density at radius 1 is 1.50 bits per heavy atom. The van der Waals surface area contributed by atoms with Gasteiger partial charge in [-0.05, 0) is 0 Å². The van der Waals surface area contributed by atoms with E-state index in [0.717, 1.165) is 25.9 Å². The van der Waals surface area contributed by atoms with E-state index in [2.05, 4.69) is 0 Å². The number of rotatable bonds is 1. The summed E-state index contributed by atoms with van der Waals surface area (Å²) in [6, 6.07) is 0. The van der Waals surface area contributed by atoms with E-state index in [-0.39, 0.29) is 21.2 Å². The van der Waals surface area contributed by atoms with E-state index in [1.807, 2.05) is 16.8 Å². The van der Waals surface area contributed by atoms with Crippen LogP contribution in [0.3, 0.4) is 0 Å². The Kier molecular flexibility index (Phi) is 3.34. The van der Waals surface area contributed by atoms with Gasteiger partial charge in [0.25, 0.3) is 0 Å². The molecule has 1 aliphatic rings. The molecule has 1 rings (SSSR count). The van der Waals surface area contributed by atoms with Crippen molar-refractivity contribution in [2.24, 2.45) is 0 Å². The van der Waals surface area contributed by atoms with Crippen molar-refractivity contribution in [1.82, 2.24) is 4.90 Å². The predicted octanol–water partition coefficient (Wildman–Crippen LogP) is -2.33. The average molecular weight is 284 g/mol. The fraction of sp³-hybridized carbons (Fsp3) is 0.875. The van der Waals surface area contributed by atoms with E-state index in [1.54, 1.807) is 0 Å². The van der Waals surface area contributed by atoms with Gasteiger partial charge in [0.2, 0.25) is 0 Å². The van der Waals surface area contributed by atoms with Gasteiger partial charge in [0, 0.05) is 0 Å². The molecule has 4 heteroatoms. The third kappa shape index (κ3) is 2.58. The maximum absolute atomic E-state index is 11.3. The van der Waals surface area contributed by atoms with E-state index in [1.165, 1.54) is 0 Å². The average Bonchev–Trinajstić information content (AvgIpc) is 2.03. The second kappa shape index (κ2) is 3.91. The Bertz CT molecular complexity index is 172. The van der Waals surface area contributed by atoms with Gasteiger partial charge in [0.05, 0.1) is 0 Å². The number of halogens is 1. The summed E-state index contributed by atoms with van der Waals surface area (Å²) in [6.07, 6.45) is 1.45. The van der Waals surface area contributed by atoms with Crippen LogP contribution in [0.5, 0.6) is 0 Å². The zero-order valence-electron chi connectivity index (χ0n) is 7.51. The molecule has 0 unspecified atom stereocenters. The van der Waals surface area contributed by atoms with Crippen LogP contribution in [0.4, 0.5) is 4.79 Å². The molecule has 1 heterocycles. The number of hydrogen-bond donors (Lipinski definition) is 1. The number of hydrogen-bond acceptors (Lipinski definition) is 2. The number of alkyl halides is 1. The maximum atomic E-state index is 11.3.